The van der Waals surface area contributed by atoms with Crippen molar-refractivity contribution in [1.29, 1.82) is 0 Å². The maximum Gasteiger partial charge on any atom is 0.289 e. The van der Waals surface area contributed by atoms with Gasteiger partial charge >= 0.3 is 0 Å². The maximum absolute atomic E-state index is 12.1. The van der Waals surface area contributed by atoms with E-state index >= 15 is 0 Å². The van der Waals surface area contributed by atoms with Gasteiger partial charge in [-0.2, -0.15) is 10.2 Å². The molecule has 2 N–H and O–H groups in total. The molecule has 0 aliphatic rings. The standard InChI is InChI=1S/C19H18N4O2/c1-13-5-7-15(8-6-13)17-11-18(22-21-17)19(24)23-20-12-14(2)10-16-4-3-9-25-16/h3-12H,1-2H3,(H,21,22)(H,23,24)/b14-10-,20-12-. The van der Waals surface area contributed by atoms with Gasteiger partial charge in [-0.1, -0.05) is 29.8 Å². The largest absolute Gasteiger partial charge is 0.465 e. The summed E-state index contributed by atoms with van der Waals surface area (Å²) in [5.41, 5.74) is 6.49. The van der Waals surface area contributed by atoms with E-state index in [0.717, 1.165) is 16.9 Å². The van der Waals surface area contributed by atoms with Gasteiger partial charge in [0.2, 0.25) is 0 Å². The molecule has 0 saturated heterocycles. The molecule has 6 heteroatoms. The van der Waals surface area contributed by atoms with Crippen molar-refractivity contribution in [2.24, 2.45) is 5.10 Å². The fraction of sp³-hybridized carbons (Fsp3) is 0.105. The smallest absolute Gasteiger partial charge is 0.289 e. The zero-order chi connectivity index (χ0) is 17.6. The molecule has 6 nitrogen and oxygen atoms in total. The number of carbonyl (C=O) groups excluding carboxylic acids is 1. The van der Waals surface area contributed by atoms with Gasteiger partial charge in [-0.15, -0.1) is 0 Å². The molecule has 0 radical (unpaired) electrons. The Morgan fingerprint density at radius 1 is 1.28 bits per heavy atom. The third-order valence-electron chi connectivity index (χ3n) is 3.52. The minimum absolute atomic E-state index is 0.348. The summed E-state index contributed by atoms with van der Waals surface area (Å²) in [6.07, 6.45) is 4.97. The summed E-state index contributed by atoms with van der Waals surface area (Å²) in [6, 6.07) is 13.3. The molecule has 0 bridgehead atoms. The summed E-state index contributed by atoms with van der Waals surface area (Å²) < 4.78 is 5.21. The van der Waals surface area contributed by atoms with Gasteiger partial charge in [0.15, 0.2) is 0 Å². The highest BCUT2D eigenvalue weighted by atomic mass is 16.3. The van der Waals surface area contributed by atoms with Crippen LogP contribution < -0.4 is 5.43 Å². The van der Waals surface area contributed by atoms with E-state index in [1.165, 1.54) is 5.56 Å². The van der Waals surface area contributed by atoms with Crippen molar-refractivity contribution in [3.8, 4) is 11.3 Å². The molecule has 1 aromatic carbocycles. The molecule has 2 heterocycles. The number of hydrogen-bond acceptors (Lipinski definition) is 4. The number of H-pyrrole nitrogens is 1. The molecule has 0 aliphatic heterocycles. The normalized spacial score (nSPS) is 11.8. The van der Waals surface area contributed by atoms with E-state index in [-0.39, 0.29) is 5.91 Å². The second kappa shape index (κ2) is 7.44. The summed E-state index contributed by atoms with van der Waals surface area (Å²) in [5.74, 6) is 0.375. The first-order valence-corrected chi connectivity index (χ1v) is 7.79. The molecule has 0 unspecified atom stereocenters. The van der Waals surface area contributed by atoms with Gasteiger partial charge in [-0.3, -0.25) is 9.89 Å². The Morgan fingerprint density at radius 3 is 2.80 bits per heavy atom. The van der Waals surface area contributed by atoms with Gasteiger partial charge < -0.3 is 4.42 Å². The molecule has 0 fully saturated rings. The molecule has 0 atom stereocenters. The number of nitrogens with one attached hydrogen (secondary N) is 2. The summed E-state index contributed by atoms with van der Waals surface area (Å²) in [5, 5.41) is 10.8. The number of benzene rings is 1. The molecule has 3 rings (SSSR count). The van der Waals surface area contributed by atoms with Crippen molar-refractivity contribution in [3.05, 3.63) is 71.3 Å². The number of aromatic amines is 1. The van der Waals surface area contributed by atoms with Gasteiger partial charge in [0, 0.05) is 5.56 Å². The van der Waals surface area contributed by atoms with Gasteiger partial charge in [0.1, 0.15) is 11.5 Å². The van der Waals surface area contributed by atoms with Crippen LogP contribution in [-0.4, -0.2) is 22.3 Å². The minimum atomic E-state index is -0.354. The summed E-state index contributed by atoms with van der Waals surface area (Å²) >= 11 is 0. The quantitative estimate of drug-likeness (QED) is 0.550. The van der Waals surface area contributed by atoms with E-state index in [9.17, 15) is 4.79 Å². The SMILES string of the molecule is CC(/C=N\NC(=O)c1cc(-c2ccc(C)cc2)n[nH]1)=C/c1ccco1. The van der Waals surface area contributed by atoms with Crippen molar-refractivity contribution in [2.45, 2.75) is 13.8 Å². The number of aromatic nitrogens is 2. The molecular formula is C19H18N4O2. The lowest BCUT2D eigenvalue weighted by atomic mass is 10.1. The molecule has 126 valence electrons. The Kier molecular flexibility index (Phi) is 4.89. The third-order valence-corrected chi connectivity index (χ3v) is 3.52. The van der Waals surface area contributed by atoms with Crippen LogP contribution in [0.25, 0.3) is 17.3 Å². The van der Waals surface area contributed by atoms with E-state index in [4.69, 9.17) is 4.42 Å². The molecule has 3 aromatic rings. The molecule has 0 saturated carbocycles. The van der Waals surface area contributed by atoms with Crippen molar-refractivity contribution >= 4 is 18.2 Å². The van der Waals surface area contributed by atoms with Crippen LogP contribution in [0.15, 0.2) is 63.8 Å². The zero-order valence-corrected chi connectivity index (χ0v) is 14.0. The molecule has 25 heavy (non-hydrogen) atoms. The molecular weight excluding hydrogens is 316 g/mol. The van der Waals surface area contributed by atoms with Crippen LogP contribution in [0.2, 0.25) is 0 Å². The lowest BCUT2D eigenvalue weighted by Crippen LogP contribution is -2.17. The van der Waals surface area contributed by atoms with Gasteiger partial charge in [-0.05, 0) is 43.7 Å². The van der Waals surface area contributed by atoms with Crippen LogP contribution in [0.1, 0.15) is 28.7 Å². The first kappa shape index (κ1) is 16.4. The van der Waals surface area contributed by atoms with Gasteiger partial charge in [0.25, 0.3) is 5.91 Å². The molecule has 1 amide bonds. The first-order chi connectivity index (χ1) is 12.1. The van der Waals surface area contributed by atoms with E-state index in [1.807, 2.05) is 56.3 Å². The monoisotopic (exact) mass is 334 g/mol. The molecule has 0 aliphatic carbocycles. The number of amides is 1. The minimum Gasteiger partial charge on any atom is -0.465 e. The van der Waals surface area contributed by atoms with Gasteiger partial charge in [-0.25, -0.2) is 5.43 Å². The Bertz CT molecular complexity index is 903. The zero-order valence-electron chi connectivity index (χ0n) is 14.0. The number of rotatable bonds is 5. The van der Waals surface area contributed by atoms with Crippen molar-refractivity contribution < 1.29 is 9.21 Å². The number of allylic oxidation sites excluding steroid dienone is 1. The Hall–Kier alpha value is -3.41. The van der Waals surface area contributed by atoms with E-state index in [1.54, 1.807) is 18.5 Å². The van der Waals surface area contributed by atoms with Crippen LogP contribution in [0, 0.1) is 6.92 Å². The highest BCUT2D eigenvalue weighted by Gasteiger charge is 2.10. The van der Waals surface area contributed by atoms with Crippen LogP contribution in [0.4, 0.5) is 0 Å². The van der Waals surface area contributed by atoms with Gasteiger partial charge in [0.05, 0.1) is 18.2 Å². The Morgan fingerprint density at radius 2 is 2.08 bits per heavy atom. The summed E-state index contributed by atoms with van der Waals surface area (Å²) in [6.45, 7) is 3.89. The maximum atomic E-state index is 12.1. The Balaban J connectivity index is 1.62. The second-order valence-corrected chi connectivity index (χ2v) is 5.64. The number of nitrogens with zero attached hydrogens (tertiary/aromatic N) is 2. The lowest BCUT2D eigenvalue weighted by Gasteiger charge is -1.96. The highest BCUT2D eigenvalue weighted by molar-refractivity contribution is 5.94. The highest BCUT2D eigenvalue weighted by Crippen LogP contribution is 2.18. The molecule has 2 aromatic heterocycles. The number of carbonyl (C=O) groups is 1. The van der Waals surface area contributed by atoms with E-state index < -0.39 is 0 Å². The fourth-order valence-electron chi connectivity index (χ4n) is 2.20. The second-order valence-electron chi connectivity index (χ2n) is 5.64. The average Bonchev–Trinajstić information content (AvgIpc) is 3.27. The van der Waals surface area contributed by atoms with Crippen molar-refractivity contribution in [2.75, 3.05) is 0 Å². The average molecular weight is 334 g/mol. The first-order valence-electron chi connectivity index (χ1n) is 7.79. The molecule has 0 spiro atoms. The van der Waals surface area contributed by atoms with Crippen LogP contribution in [-0.2, 0) is 0 Å². The number of hydrazone groups is 1. The third kappa shape index (κ3) is 4.32. The predicted octanol–water partition coefficient (Wildman–Crippen LogP) is 3.80. The predicted molar refractivity (Wildman–Crippen MR) is 97.1 cm³/mol. The van der Waals surface area contributed by atoms with Crippen LogP contribution in [0.5, 0.6) is 0 Å². The van der Waals surface area contributed by atoms with Crippen molar-refractivity contribution in [3.63, 3.8) is 0 Å². The van der Waals surface area contributed by atoms with Crippen LogP contribution >= 0.6 is 0 Å². The number of furan rings is 1. The fourth-order valence-corrected chi connectivity index (χ4v) is 2.20. The number of aryl methyl sites for hydroxylation is 1. The van der Waals surface area contributed by atoms with Crippen molar-refractivity contribution in [1.82, 2.24) is 15.6 Å². The van der Waals surface area contributed by atoms with Crippen LogP contribution in [0.3, 0.4) is 0 Å². The summed E-state index contributed by atoms with van der Waals surface area (Å²) in [7, 11) is 0. The van der Waals surface area contributed by atoms with E-state index in [0.29, 0.717) is 11.4 Å². The number of hydrogen-bond donors (Lipinski definition) is 2. The Labute approximate surface area is 145 Å². The lowest BCUT2D eigenvalue weighted by molar-refractivity contribution is 0.0950. The van der Waals surface area contributed by atoms with E-state index in [2.05, 4.69) is 20.7 Å². The summed E-state index contributed by atoms with van der Waals surface area (Å²) in [4.78, 5) is 12.1. The topological polar surface area (TPSA) is 83.3 Å².